The predicted octanol–water partition coefficient (Wildman–Crippen LogP) is 3.46. The zero-order chi connectivity index (χ0) is 19.4. The summed E-state index contributed by atoms with van der Waals surface area (Å²) in [4.78, 5) is 23.9. The molecule has 5 nitrogen and oxygen atoms in total. The minimum atomic E-state index is -1.03. The van der Waals surface area contributed by atoms with E-state index in [1.54, 1.807) is 26.0 Å². The normalized spacial score (nSPS) is 11.6. The SMILES string of the molecule is Cc1cc(Cl)cc(C)c1OC(C)C(=O)NNC(=O)c1ccc(F)cc1F. The van der Waals surface area contributed by atoms with Crippen molar-refractivity contribution < 1.29 is 23.1 Å². The summed E-state index contributed by atoms with van der Waals surface area (Å²) >= 11 is 5.95. The van der Waals surface area contributed by atoms with E-state index in [0.29, 0.717) is 16.8 Å². The molecule has 2 N–H and O–H groups in total. The molecule has 26 heavy (non-hydrogen) atoms. The van der Waals surface area contributed by atoms with Crippen LogP contribution >= 0.6 is 11.6 Å². The van der Waals surface area contributed by atoms with Gasteiger partial charge in [0.05, 0.1) is 5.56 Å². The van der Waals surface area contributed by atoms with E-state index >= 15 is 0 Å². The molecule has 0 aliphatic rings. The number of halogens is 3. The topological polar surface area (TPSA) is 67.4 Å². The summed E-state index contributed by atoms with van der Waals surface area (Å²) in [7, 11) is 0. The number of hydrazine groups is 1. The van der Waals surface area contributed by atoms with E-state index in [1.807, 2.05) is 0 Å². The molecule has 0 aliphatic carbocycles. The second-order valence-electron chi connectivity index (χ2n) is 5.70. The van der Waals surface area contributed by atoms with Gasteiger partial charge in [-0.05, 0) is 56.2 Å². The molecule has 0 heterocycles. The van der Waals surface area contributed by atoms with Gasteiger partial charge in [-0.25, -0.2) is 8.78 Å². The molecule has 0 saturated carbocycles. The molecular formula is C18H17ClF2N2O3. The lowest BCUT2D eigenvalue weighted by Gasteiger charge is -2.18. The van der Waals surface area contributed by atoms with Crippen molar-refractivity contribution >= 4 is 23.4 Å². The molecule has 2 aromatic rings. The fourth-order valence-corrected chi connectivity index (χ4v) is 2.60. The first-order chi connectivity index (χ1) is 12.2. The van der Waals surface area contributed by atoms with Gasteiger partial charge in [0.15, 0.2) is 6.10 Å². The second-order valence-corrected chi connectivity index (χ2v) is 6.13. The van der Waals surface area contributed by atoms with Crippen molar-refractivity contribution in [1.29, 1.82) is 0 Å². The Morgan fingerprint density at radius 1 is 1.08 bits per heavy atom. The zero-order valence-corrected chi connectivity index (χ0v) is 15.1. The number of ether oxygens (including phenoxy) is 1. The molecule has 1 unspecified atom stereocenters. The third kappa shape index (κ3) is 4.70. The molecule has 138 valence electrons. The van der Waals surface area contributed by atoms with E-state index in [9.17, 15) is 18.4 Å². The first-order valence-corrected chi connectivity index (χ1v) is 8.05. The zero-order valence-electron chi connectivity index (χ0n) is 14.3. The van der Waals surface area contributed by atoms with Gasteiger partial charge in [-0.3, -0.25) is 20.4 Å². The number of carbonyl (C=O) groups is 2. The lowest BCUT2D eigenvalue weighted by atomic mass is 10.1. The third-order valence-corrected chi connectivity index (χ3v) is 3.78. The highest BCUT2D eigenvalue weighted by atomic mass is 35.5. The number of amides is 2. The molecule has 0 bridgehead atoms. The van der Waals surface area contributed by atoms with Gasteiger partial charge < -0.3 is 4.74 Å². The molecule has 2 aromatic carbocycles. The van der Waals surface area contributed by atoms with Crippen molar-refractivity contribution in [2.75, 3.05) is 0 Å². The van der Waals surface area contributed by atoms with Gasteiger partial charge in [0, 0.05) is 11.1 Å². The summed E-state index contributed by atoms with van der Waals surface area (Å²) in [6.07, 6.45) is -0.938. The number of hydrogen-bond acceptors (Lipinski definition) is 3. The summed E-state index contributed by atoms with van der Waals surface area (Å²) < 4.78 is 32.0. The average molecular weight is 383 g/mol. The maximum atomic E-state index is 13.5. The molecule has 0 spiro atoms. The summed E-state index contributed by atoms with van der Waals surface area (Å²) in [6.45, 7) is 5.07. The smallest absolute Gasteiger partial charge is 0.279 e. The molecule has 0 fully saturated rings. The Morgan fingerprint density at radius 2 is 1.69 bits per heavy atom. The fraction of sp³-hybridized carbons (Fsp3) is 0.222. The fourth-order valence-electron chi connectivity index (χ4n) is 2.27. The number of aryl methyl sites for hydroxylation is 2. The van der Waals surface area contributed by atoms with Crippen LogP contribution in [0.5, 0.6) is 5.75 Å². The van der Waals surface area contributed by atoms with Crippen LogP contribution in [0.15, 0.2) is 30.3 Å². The second kappa shape index (κ2) is 8.14. The van der Waals surface area contributed by atoms with E-state index in [0.717, 1.165) is 23.3 Å². The van der Waals surface area contributed by atoms with E-state index in [2.05, 4.69) is 10.9 Å². The van der Waals surface area contributed by atoms with Crippen molar-refractivity contribution in [2.45, 2.75) is 26.9 Å². The molecule has 1 atom stereocenters. The molecule has 0 aromatic heterocycles. The van der Waals surface area contributed by atoms with Gasteiger partial charge in [0.25, 0.3) is 11.8 Å². The van der Waals surface area contributed by atoms with Crippen LogP contribution in [0.4, 0.5) is 8.78 Å². The number of hydrogen-bond donors (Lipinski definition) is 2. The van der Waals surface area contributed by atoms with E-state index in [4.69, 9.17) is 16.3 Å². The van der Waals surface area contributed by atoms with Gasteiger partial charge in [-0.1, -0.05) is 11.6 Å². The summed E-state index contributed by atoms with van der Waals surface area (Å²) in [6, 6.07) is 5.90. The Kier molecular flexibility index (Phi) is 6.15. The summed E-state index contributed by atoms with van der Waals surface area (Å²) in [5.74, 6) is -2.89. The van der Waals surface area contributed by atoms with Crippen LogP contribution in [0, 0.1) is 25.5 Å². The highest BCUT2D eigenvalue weighted by Crippen LogP contribution is 2.27. The first-order valence-electron chi connectivity index (χ1n) is 7.67. The van der Waals surface area contributed by atoms with E-state index in [1.165, 1.54) is 6.92 Å². The van der Waals surface area contributed by atoms with Crippen molar-refractivity contribution in [1.82, 2.24) is 10.9 Å². The lowest BCUT2D eigenvalue weighted by Crippen LogP contribution is -2.47. The minimum absolute atomic E-state index is 0.398. The largest absolute Gasteiger partial charge is 0.480 e. The maximum Gasteiger partial charge on any atom is 0.279 e. The maximum absolute atomic E-state index is 13.5. The van der Waals surface area contributed by atoms with Crippen LogP contribution < -0.4 is 15.6 Å². The first kappa shape index (κ1) is 19.7. The van der Waals surface area contributed by atoms with Crippen LogP contribution in [-0.2, 0) is 4.79 Å². The van der Waals surface area contributed by atoms with Gasteiger partial charge in [-0.2, -0.15) is 0 Å². The van der Waals surface area contributed by atoms with Crippen LogP contribution in [0.25, 0.3) is 0 Å². The van der Waals surface area contributed by atoms with Crippen molar-refractivity contribution in [2.24, 2.45) is 0 Å². The molecule has 2 rings (SSSR count). The third-order valence-electron chi connectivity index (χ3n) is 3.56. The monoisotopic (exact) mass is 382 g/mol. The molecule has 2 amide bonds. The highest BCUT2D eigenvalue weighted by molar-refractivity contribution is 6.30. The van der Waals surface area contributed by atoms with E-state index < -0.39 is 35.1 Å². The van der Waals surface area contributed by atoms with E-state index in [-0.39, 0.29) is 0 Å². The summed E-state index contributed by atoms with van der Waals surface area (Å²) in [5, 5.41) is 0.554. The van der Waals surface area contributed by atoms with Crippen molar-refractivity contribution in [3.8, 4) is 5.75 Å². The van der Waals surface area contributed by atoms with Crippen molar-refractivity contribution in [3.63, 3.8) is 0 Å². The lowest BCUT2D eigenvalue weighted by molar-refractivity contribution is -0.128. The van der Waals surface area contributed by atoms with Crippen LogP contribution in [-0.4, -0.2) is 17.9 Å². The van der Waals surface area contributed by atoms with Gasteiger partial charge in [0.1, 0.15) is 17.4 Å². The highest BCUT2D eigenvalue weighted by Gasteiger charge is 2.19. The number of nitrogens with one attached hydrogen (secondary N) is 2. The number of carbonyl (C=O) groups excluding carboxylic acids is 2. The molecule has 8 heteroatoms. The minimum Gasteiger partial charge on any atom is -0.480 e. The molecule has 0 aliphatic heterocycles. The predicted molar refractivity (Wildman–Crippen MR) is 93.0 cm³/mol. The van der Waals surface area contributed by atoms with Crippen LogP contribution in [0.1, 0.15) is 28.4 Å². The molecule has 0 saturated heterocycles. The molecular weight excluding hydrogens is 366 g/mol. The Morgan fingerprint density at radius 3 is 2.27 bits per heavy atom. The summed E-state index contributed by atoms with van der Waals surface area (Å²) in [5.41, 5.74) is 5.32. The number of rotatable bonds is 4. The van der Waals surface area contributed by atoms with Gasteiger partial charge >= 0.3 is 0 Å². The molecule has 0 radical (unpaired) electrons. The Hall–Kier alpha value is -2.67. The van der Waals surface area contributed by atoms with Crippen LogP contribution in [0.2, 0.25) is 5.02 Å². The number of benzene rings is 2. The van der Waals surface area contributed by atoms with Crippen molar-refractivity contribution in [3.05, 3.63) is 63.7 Å². The van der Waals surface area contributed by atoms with Crippen LogP contribution in [0.3, 0.4) is 0 Å². The Bertz CT molecular complexity index is 835. The van der Waals surface area contributed by atoms with Gasteiger partial charge in [-0.15, -0.1) is 0 Å². The quantitative estimate of drug-likeness (QED) is 0.796. The van der Waals surface area contributed by atoms with Gasteiger partial charge in [0.2, 0.25) is 0 Å². The Balaban J connectivity index is 1.98. The Labute approximate surface area is 154 Å². The standard InChI is InChI=1S/C18H17ClF2N2O3/c1-9-6-12(19)7-10(2)16(9)26-11(3)17(24)22-23-18(25)14-5-4-13(20)8-15(14)21/h4-8,11H,1-3H3,(H,22,24)(H,23,25). The average Bonchev–Trinajstić information content (AvgIpc) is 2.55.